The first-order valence-corrected chi connectivity index (χ1v) is 4.94. The minimum absolute atomic E-state index is 0. The predicted octanol–water partition coefficient (Wildman–Crippen LogP) is 0.195. The van der Waals surface area contributed by atoms with Crippen LogP contribution in [-0.4, -0.2) is 0 Å². The summed E-state index contributed by atoms with van der Waals surface area (Å²) in [4.78, 5) is 0. The van der Waals surface area contributed by atoms with Gasteiger partial charge in [-0.25, -0.2) is 0 Å². The molecule has 68 valence electrons. The largest absolute Gasteiger partial charge is 1.00 e. The molecule has 1 aliphatic rings. The molecule has 0 nitrogen and oxygen atoms in total. The predicted molar refractivity (Wildman–Crippen MR) is 58.2 cm³/mol. The van der Waals surface area contributed by atoms with Crippen molar-refractivity contribution in [2.45, 2.75) is 6.42 Å². The molecule has 1 aliphatic carbocycles. The molecule has 0 spiro atoms. The fourth-order valence-corrected chi connectivity index (χ4v) is 2.04. The molecule has 0 atom stereocenters. The summed E-state index contributed by atoms with van der Waals surface area (Å²) in [5.41, 5.74) is 5.61. The second kappa shape index (κ2) is 4.19. The monoisotopic (exact) mass is 186 g/mol. The van der Waals surface area contributed by atoms with Crippen LogP contribution in [0.4, 0.5) is 0 Å². The first-order valence-electron chi connectivity index (χ1n) is 4.94. The van der Waals surface area contributed by atoms with Crippen molar-refractivity contribution in [2.24, 2.45) is 0 Å². The van der Waals surface area contributed by atoms with E-state index >= 15 is 0 Å². The Bertz CT molecular complexity index is 387. The van der Waals surface area contributed by atoms with Gasteiger partial charge in [0.1, 0.15) is 0 Å². The maximum atomic E-state index is 2.27. The van der Waals surface area contributed by atoms with Crippen molar-refractivity contribution >= 4 is 0 Å². The Balaban J connectivity index is 0.000000853. The normalized spacial score (nSPS) is 11.7. The maximum Gasteiger partial charge on any atom is 1.00 e. The Kier molecular flexibility index (Phi) is 2.91. The minimum atomic E-state index is 0. The van der Waals surface area contributed by atoms with Gasteiger partial charge in [0, 0.05) is 0 Å². The fourth-order valence-electron chi connectivity index (χ4n) is 2.04. The minimum Gasteiger partial charge on any atom is -0.126 e. The molecule has 0 saturated carbocycles. The molecule has 2 aromatic rings. The summed E-state index contributed by atoms with van der Waals surface area (Å²) in [6, 6.07) is 17.2. The van der Waals surface area contributed by atoms with E-state index in [0.717, 1.165) is 6.42 Å². The summed E-state index contributed by atoms with van der Waals surface area (Å²) in [7, 11) is 0. The van der Waals surface area contributed by atoms with E-state index in [1.54, 1.807) is 0 Å². The van der Waals surface area contributed by atoms with Gasteiger partial charge in [0.25, 0.3) is 0 Å². The van der Waals surface area contributed by atoms with Crippen molar-refractivity contribution < 1.29 is 18.9 Å². The summed E-state index contributed by atoms with van der Waals surface area (Å²) in [5, 5.41) is 0. The molecule has 1 heteroatoms. The number of fused-ring (bicyclic) bond motifs is 2. The second-order valence-corrected chi connectivity index (χ2v) is 3.72. The van der Waals surface area contributed by atoms with Crippen LogP contribution in [0.15, 0.2) is 48.5 Å². The molecular weight excluding hydrogens is 175 g/mol. The third-order valence-corrected chi connectivity index (χ3v) is 2.80. The molecule has 0 saturated heterocycles. The molecule has 0 amide bonds. The zero-order valence-electron chi connectivity index (χ0n) is 8.90. The number of hydrogen-bond acceptors (Lipinski definition) is 0. The van der Waals surface area contributed by atoms with Crippen molar-refractivity contribution in [3.63, 3.8) is 0 Å². The fraction of sp³-hybridized carbons (Fsp3) is 0.0714. The van der Waals surface area contributed by atoms with Gasteiger partial charge in [-0.1, -0.05) is 42.8 Å². The van der Waals surface area contributed by atoms with Gasteiger partial charge < -0.3 is 0 Å². The van der Waals surface area contributed by atoms with Crippen molar-refractivity contribution in [3.05, 3.63) is 77.2 Å². The van der Waals surface area contributed by atoms with Gasteiger partial charge in [-0.2, -0.15) is 0 Å². The van der Waals surface area contributed by atoms with Gasteiger partial charge in [-0.05, 0) is 0 Å². The third-order valence-electron chi connectivity index (χ3n) is 2.80. The Morgan fingerprint density at radius 1 is 0.733 bits per heavy atom. The Morgan fingerprint density at radius 2 is 1.20 bits per heavy atom. The zero-order valence-corrected chi connectivity index (χ0v) is 8.90. The van der Waals surface area contributed by atoms with Gasteiger partial charge in [0.2, 0.25) is 0 Å². The van der Waals surface area contributed by atoms with Crippen LogP contribution in [0.25, 0.3) is 0 Å². The molecule has 0 unspecified atom stereocenters. The molecule has 0 heterocycles. The molecule has 0 aliphatic heterocycles. The first-order chi connectivity index (χ1) is 6.93. The third kappa shape index (κ3) is 1.84. The van der Waals surface area contributed by atoms with Crippen molar-refractivity contribution in [2.75, 3.05) is 0 Å². The van der Waals surface area contributed by atoms with E-state index in [1.807, 2.05) is 0 Å². The van der Waals surface area contributed by atoms with Crippen molar-refractivity contribution in [1.82, 2.24) is 0 Å². The summed E-state index contributed by atoms with van der Waals surface area (Å²) in [6.45, 7) is 0. The van der Waals surface area contributed by atoms with E-state index in [0.29, 0.717) is 0 Å². The molecule has 0 N–H and O–H groups in total. The SMILES string of the molecule is [Li+].c1ccc2c(c1)[CH-]c1ccccc1C2. The van der Waals surface area contributed by atoms with Crippen LogP contribution in [0.1, 0.15) is 22.3 Å². The van der Waals surface area contributed by atoms with E-state index in [4.69, 9.17) is 0 Å². The molecule has 0 bridgehead atoms. The zero-order chi connectivity index (χ0) is 9.38. The summed E-state index contributed by atoms with van der Waals surface area (Å²) in [6.07, 6.45) is 3.34. The van der Waals surface area contributed by atoms with Crippen LogP contribution in [0.2, 0.25) is 0 Å². The molecule has 2 aromatic carbocycles. The van der Waals surface area contributed by atoms with E-state index in [1.165, 1.54) is 22.3 Å². The van der Waals surface area contributed by atoms with Crippen LogP contribution < -0.4 is 18.9 Å². The Hall–Kier alpha value is -1.09. The molecule has 0 fully saturated rings. The molecular formula is C14H11Li. The van der Waals surface area contributed by atoms with E-state index in [9.17, 15) is 0 Å². The molecule has 0 radical (unpaired) electrons. The number of rotatable bonds is 0. The quantitative estimate of drug-likeness (QED) is 0.347. The van der Waals surface area contributed by atoms with E-state index < -0.39 is 0 Å². The maximum absolute atomic E-state index is 2.27. The van der Waals surface area contributed by atoms with Gasteiger partial charge in [-0.15, -0.1) is 40.8 Å². The Labute approximate surface area is 103 Å². The number of hydrogen-bond donors (Lipinski definition) is 0. The van der Waals surface area contributed by atoms with Crippen molar-refractivity contribution in [3.8, 4) is 0 Å². The average molecular weight is 186 g/mol. The molecule has 3 rings (SSSR count). The van der Waals surface area contributed by atoms with Gasteiger partial charge >= 0.3 is 18.9 Å². The standard InChI is InChI=1S/C14H11.Li/c1-2-6-12-10-14-8-4-3-7-13(14)9-11(12)5-1;/h1-9H,10H2;/q-1;+1. The molecule has 0 aromatic heterocycles. The summed E-state index contributed by atoms with van der Waals surface area (Å²) >= 11 is 0. The Morgan fingerprint density at radius 3 is 1.73 bits per heavy atom. The van der Waals surface area contributed by atoms with Crippen LogP contribution in [0, 0.1) is 6.42 Å². The van der Waals surface area contributed by atoms with E-state index in [2.05, 4.69) is 55.0 Å². The summed E-state index contributed by atoms with van der Waals surface area (Å²) < 4.78 is 0. The molecule has 15 heavy (non-hydrogen) atoms. The average Bonchev–Trinajstić information content (AvgIpc) is 2.26. The van der Waals surface area contributed by atoms with Gasteiger partial charge in [-0.3, -0.25) is 0 Å². The van der Waals surface area contributed by atoms with Crippen molar-refractivity contribution in [1.29, 1.82) is 0 Å². The van der Waals surface area contributed by atoms with Gasteiger partial charge in [0.15, 0.2) is 0 Å². The smallest absolute Gasteiger partial charge is 0.126 e. The second-order valence-electron chi connectivity index (χ2n) is 3.72. The van der Waals surface area contributed by atoms with Crippen LogP contribution in [0.5, 0.6) is 0 Å². The first kappa shape index (κ1) is 10.4. The number of benzene rings is 2. The van der Waals surface area contributed by atoms with Crippen LogP contribution in [0.3, 0.4) is 0 Å². The van der Waals surface area contributed by atoms with Crippen LogP contribution in [-0.2, 0) is 6.42 Å². The van der Waals surface area contributed by atoms with E-state index in [-0.39, 0.29) is 18.9 Å². The van der Waals surface area contributed by atoms with Crippen LogP contribution >= 0.6 is 0 Å². The summed E-state index contributed by atoms with van der Waals surface area (Å²) in [5.74, 6) is 0. The van der Waals surface area contributed by atoms with Gasteiger partial charge in [0.05, 0.1) is 0 Å². The topological polar surface area (TPSA) is 0 Å².